The van der Waals surface area contributed by atoms with Crippen LogP contribution in [0.5, 0.6) is 0 Å². The lowest BCUT2D eigenvalue weighted by Crippen LogP contribution is -2.33. The number of anilines is 1. The average Bonchev–Trinajstić information content (AvgIpc) is 2.80. The highest BCUT2D eigenvalue weighted by atomic mass is 32.2. The van der Waals surface area contributed by atoms with Crippen molar-refractivity contribution in [1.29, 1.82) is 0 Å². The molecule has 0 bridgehead atoms. The molecular formula is C13H18N2O3S. The third-order valence-corrected chi connectivity index (χ3v) is 5.06. The van der Waals surface area contributed by atoms with E-state index >= 15 is 0 Å². The van der Waals surface area contributed by atoms with E-state index in [1.807, 2.05) is 0 Å². The van der Waals surface area contributed by atoms with Gasteiger partial charge in [-0.05, 0) is 43.5 Å². The Morgan fingerprint density at radius 3 is 2.53 bits per heavy atom. The molecule has 1 aliphatic rings. The smallest absolute Gasteiger partial charge is 0.238 e. The fraction of sp³-hybridized carbons (Fsp3) is 0.462. The molecule has 0 aromatic heterocycles. The van der Waals surface area contributed by atoms with E-state index in [2.05, 4.69) is 0 Å². The van der Waals surface area contributed by atoms with Gasteiger partial charge in [0.2, 0.25) is 5.91 Å². The van der Waals surface area contributed by atoms with Gasteiger partial charge in [0, 0.05) is 18.8 Å². The van der Waals surface area contributed by atoms with Crippen LogP contribution in [0, 0.1) is 6.92 Å². The first-order valence-electron chi connectivity index (χ1n) is 6.27. The van der Waals surface area contributed by atoms with E-state index in [0.29, 0.717) is 24.3 Å². The summed E-state index contributed by atoms with van der Waals surface area (Å²) in [7, 11) is -3.59. The number of likely N-dealkylation sites (tertiary alicyclic amines) is 1. The lowest BCUT2D eigenvalue weighted by Gasteiger charge is -2.15. The van der Waals surface area contributed by atoms with Crippen LogP contribution in [0.25, 0.3) is 0 Å². The molecule has 2 rings (SSSR count). The number of hydrogen-bond donors (Lipinski definition) is 1. The summed E-state index contributed by atoms with van der Waals surface area (Å²) >= 11 is 0. The SMILES string of the molecule is Cc1cc(N)ccc1S(=O)(=O)CC(=O)N1CCCC1. The maximum Gasteiger partial charge on any atom is 0.238 e. The number of nitrogen functional groups attached to an aromatic ring is 1. The van der Waals surface area contributed by atoms with Crippen LogP contribution >= 0.6 is 0 Å². The fourth-order valence-corrected chi connectivity index (χ4v) is 3.81. The van der Waals surface area contributed by atoms with Gasteiger partial charge in [-0.1, -0.05) is 0 Å². The zero-order valence-corrected chi connectivity index (χ0v) is 11.7. The molecule has 6 heteroatoms. The monoisotopic (exact) mass is 282 g/mol. The molecule has 1 heterocycles. The summed E-state index contributed by atoms with van der Waals surface area (Å²) in [4.78, 5) is 13.7. The number of carbonyl (C=O) groups is 1. The third-order valence-electron chi connectivity index (χ3n) is 3.31. The van der Waals surface area contributed by atoms with Crippen LogP contribution in [0.2, 0.25) is 0 Å². The van der Waals surface area contributed by atoms with E-state index in [4.69, 9.17) is 5.73 Å². The summed E-state index contributed by atoms with van der Waals surface area (Å²) < 4.78 is 24.5. The number of nitrogens with zero attached hydrogens (tertiary/aromatic N) is 1. The standard InChI is InChI=1S/C13H18N2O3S/c1-10-8-11(14)4-5-12(10)19(17,18)9-13(16)15-6-2-3-7-15/h4-5,8H,2-3,6-7,9,14H2,1H3. The molecule has 1 aliphatic heterocycles. The van der Waals surface area contributed by atoms with Crippen molar-refractivity contribution < 1.29 is 13.2 Å². The van der Waals surface area contributed by atoms with Crippen molar-refractivity contribution >= 4 is 21.4 Å². The number of amides is 1. The summed E-state index contributed by atoms with van der Waals surface area (Å²) in [6, 6.07) is 4.62. The molecule has 19 heavy (non-hydrogen) atoms. The second kappa shape index (κ2) is 5.21. The number of carbonyl (C=O) groups excluding carboxylic acids is 1. The number of benzene rings is 1. The van der Waals surface area contributed by atoms with Crippen LogP contribution < -0.4 is 5.73 Å². The van der Waals surface area contributed by atoms with Gasteiger partial charge in [-0.2, -0.15) is 0 Å². The average molecular weight is 282 g/mol. The maximum absolute atomic E-state index is 12.2. The summed E-state index contributed by atoms with van der Waals surface area (Å²) in [6.45, 7) is 3.01. The summed E-state index contributed by atoms with van der Waals surface area (Å²) in [5.41, 5.74) is 6.70. The Hall–Kier alpha value is -1.56. The van der Waals surface area contributed by atoms with Crippen LogP contribution in [0.15, 0.2) is 23.1 Å². The molecule has 2 N–H and O–H groups in total. The predicted molar refractivity (Wildman–Crippen MR) is 73.5 cm³/mol. The van der Waals surface area contributed by atoms with E-state index in [1.165, 1.54) is 6.07 Å². The largest absolute Gasteiger partial charge is 0.399 e. The highest BCUT2D eigenvalue weighted by Crippen LogP contribution is 2.20. The van der Waals surface area contributed by atoms with Crippen molar-refractivity contribution in [2.75, 3.05) is 24.6 Å². The Bertz CT molecular complexity index is 590. The van der Waals surface area contributed by atoms with Crippen LogP contribution in [0.3, 0.4) is 0 Å². The van der Waals surface area contributed by atoms with Gasteiger partial charge < -0.3 is 10.6 Å². The highest BCUT2D eigenvalue weighted by molar-refractivity contribution is 7.92. The van der Waals surface area contributed by atoms with E-state index < -0.39 is 15.6 Å². The minimum atomic E-state index is -3.59. The fourth-order valence-electron chi connectivity index (χ4n) is 2.32. The first-order chi connectivity index (χ1) is 8.90. The first-order valence-corrected chi connectivity index (χ1v) is 7.92. The van der Waals surface area contributed by atoms with Crippen LogP contribution in [0.4, 0.5) is 5.69 Å². The molecule has 1 aromatic rings. The van der Waals surface area contributed by atoms with Gasteiger partial charge in [0.1, 0.15) is 5.75 Å². The molecular weight excluding hydrogens is 264 g/mol. The molecule has 104 valence electrons. The van der Waals surface area contributed by atoms with Crippen molar-refractivity contribution in [2.45, 2.75) is 24.7 Å². The summed E-state index contributed by atoms with van der Waals surface area (Å²) in [5, 5.41) is 0. The lowest BCUT2D eigenvalue weighted by atomic mass is 10.2. The van der Waals surface area contributed by atoms with Crippen molar-refractivity contribution in [3.05, 3.63) is 23.8 Å². The van der Waals surface area contributed by atoms with E-state index in [-0.39, 0.29) is 10.8 Å². The Morgan fingerprint density at radius 1 is 1.32 bits per heavy atom. The first kappa shape index (κ1) is 13.9. The minimum absolute atomic E-state index is 0.189. The Morgan fingerprint density at radius 2 is 1.95 bits per heavy atom. The van der Waals surface area contributed by atoms with E-state index in [1.54, 1.807) is 24.0 Å². The van der Waals surface area contributed by atoms with E-state index in [0.717, 1.165) is 12.8 Å². The van der Waals surface area contributed by atoms with Gasteiger partial charge >= 0.3 is 0 Å². The number of hydrogen-bond acceptors (Lipinski definition) is 4. The maximum atomic E-state index is 12.2. The summed E-state index contributed by atoms with van der Waals surface area (Å²) in [5.74, 6) is -0.772. The molecule has 0 atom stereocenters. The Balaban J connectivity index is 2.20. The highest BCUT2D eigenvalue weighted by Gasteiger charge is 2.26. The second-order valence-electron chi connectivity index (χ2n) is 4.87. The topological polar surface area (TPSA) is 80.5 Å². The Kier molecular flexibility index (Phi) is 3.80. The molecule has 1 aromatic carbocycles. The molecule has 1 fully saturated rings. The Labute approximate surface area is 113 Å². The molecule has 5 nitrogen and oxygen atoms in total. The van der Waals surface area contributed by atoms with Gasteiger partial charge in [-0.25, -0.2) is 8.42 Å². The number of rotatable bonds is 3. The van der Waals surface area contributed by atoms with Crippen molar-refractivity contribution in [1.82, 2.24) is 4.90 Å². The number of sulfone groups is 1. The molecule has 0 aliphatic carbocycles. The van der Waals surface area contributed by atoms with Gasteiger partial charge in [0.05, 0.1) is 4.90 Å². The predicted octanol–water partition coefficient (Wildman–Crippen LogP) is 0.973. The van der Waals surface area contributed by atoms with Gasteiger partial charge in [-0.3, -0.25) is 4.79 Å². The quantitative estimate of drug-likeness (QED) is 0.838. The van der Waals surface area contributed by atoms with Crippen LogP contribution in [-0.4, -0.2) is 38.1 Å². The van der Waals surface area contributed by atoms with Crippen molar-refractivity contribution in [3.63, 3.8) is 0 Å². The minimum Gasteiger partial charge on any atom is -0.399 e. The number of nitrogens with two attached hydrogens (primary N) is 1. The molecule has 0 unspecified atom stereocenters. The van der Waals surface area contributed by atoms with Gasteiger partial charge in [0.15, 0.2) is 9.84 Å². The van der Waals surface area contributed by atoms with Crippen molar-refractivity contribution in [2.24, 2.45) is 0 Å². The second-order valence-corrected chi connectivity index (χ2v) is 6.83. The van der Waals surface area contributed by atoms with Gasteiger partial charge in [-0.15, -0.1) is 0 Å². The van der Waals surface area contributed by atoms with Crippen LogP contribution in [-0.2, 0) is 14.6 Å². The third kappa shape index (κ3) is 3.07. The molecule has 0 radical (unpaired) electrons. The summed E-state index contributed by atoms with van der Waals surface area (Å²) in [6.07, 6.45) is 1.90. The van der Waals surface area contributed by atoms with Gasteiger partial charge in [0.25, 0.3) is 0 Å². The zero-order chi connectivity index (χ0) is 14.0. The normalized spacial score (nSPS) is 15.7. The lowest BCUT2D eigenvalue weighted by molar-refractivity contribution is -0.127. The van der Waals surface area contributed by atoms with Crippen molar-refractivity contribution in [3.8, 4) is 0 Å². The number of aryl methyl sites for hydroxylation is 1. The van der Waals surface area contributed by atoms with Crippen LogP contribution in [0.1, 0.15) is 18.4 Å². The zero-order valence-electron chi connectivity index (χ0n) is 10.9. The molecule has 0 saturated carbocycles. The molecule has 0 spiro atoms. The van der Waals surface area contributed by atoms with E-state index in [9.17, 15) is 13.2 Å². The molecule has 1 saturated heterocycles. The molecule has 1 amide bonds.